The molecule has 0 aromatic heterocycles. The van der Waals surface area contributed by atoms with Gasteiger partial charge in [0.1, 0.15) is 5.75 Å². The number of hydrogen-bond acceptors (Lipinski definition) is 3. The lowest BCUT2D eigenvalue weighted by Crippen LogP contribution is -2.32. The van der Waals surface area contributed by atoms with Crippen LogP contribution in [0.3, 0.4) is 0 Å². The van der Waals surface area contributed by atoms with Crippen LogP contribution < -0.4 is 15.8 Å². The summed E-state index contributed by atoms with van der Waals surface area (Å²) < 4.78 is 4.98. The molecule has 0 bridgehead atoms. The van der Waals surface area contributed by atoms with Gasteiger partial charge in [-0.2, -0.15) is 0 Å². The zero-order valence-corrected chi connectivity index (χ0v) is 8.28. The predicted molar refractivity (Wildman–Crippen MR) is 55.2 cm³/mol. The Hall–Kier alpha value is -1.71. The number of carbonyl (C=O) groups is 1. The van der Waals surface area contributed by atoms with Crippen molar-refractivity contribution in [3.63, 3.8) is 0 Å². The summed E-state index contributed by atoms with van der Waals surface area (Å²) in [6, 6.07) is 6.79. The summed E-state index contributed by atoms with van der Waals surface area (Å²) in [7, 11) is 0. The number of rotatable bonds is 2. The Morgan fingerprint density at radius 3 is 2.79 bits per heavy atom. The van der Waals surface area contributed by atoms with Gasteiger partial charge in [0.25, 0.3) is 0 Å². The summed E-state index contributed by atoms with van der Waals surface area (Å²) in [6.45, 7) is 3.72. The van der Waals surface area contributed by atoms with Gasteiger partial charge in [0, 0.05) is 17.8 Å². The maximum Gasteiger partial charge on any atom is 0.412 e. The second kappa shape index (κ2) is 4.50. The van der Waals surface area contributed by atoms with Crippen molar-refractivity contribution < 1.29 is 9.53 Å². The first-order valence-corrected chi connectivity index (χ1v) is 4.42. The summed E-state index contributed by atoms with van der Waals surface area (Å²) in [5.41, 5.74) is 6.09. The molecule has 1 amide bonds. The quantitative estimate of drug-likeness (QED) is 0.705. The molecule has 4 nitrogen and oxygen atoms in total. The third-order valence-corrected chi connectivity index (χ3v) is 1.48. The lowest BCUT2D eigenvalue weighted by Gasteiger charge is -2.08. The van der Waals surface area contributed by atoms with Crippen LogP contribution >= 0.6 is 0 Å². The van der Waals surface area contributed by atoms with Crippen LogP contribution in [0.15, 0.2) is 24.3 Å². The van der Waals surface area contributed by atoms with Gasteiger partial charge >= 0.3 is 6.09 Å². The van der Waals surface area contributed by atoms with E-state index >= 15 is 0 Å². The van der Waals surface area contributed by atoms with Gasteiger partial charge in [0.15, 0.2) is 0 Å². The zero-order valence-electron chi connectivity index (χ0n) is 8.28. The fourth-order valence-electron chi connectivity index (χ4n) is 0.950. The molecule has 0 atom stereocenters. The minimum Gasteiger partial charge on any atom is -0.410 e. The van der Waals surface area contributed by atoms with Crippen LogP contribution in [0.25, 0.3) is 0 Å². The fraction of sp³-hybridized carbons (Fsp3) is 0.300. The average molecular weight is 194 g/mol. The van der Waals surface area contributed by atoms with Crippen molar-refractivity contribution in [2.45, 2.75) is 19.9 Å². The van der Waals surface area contributed by atoms with E-state index in [1.54, 1.807) is 24.3 Å². The lowest BCUT2D eigenvalue weighted by molar-refractivity contribution is 0.198. The summed E-state index contributed by atoms with van der Waals surface area (Å²) in [5, 5.41) is 2.61. The number of hydrogen-bond donors (Lipinski definition) is 2. The summed E-state index contributed by atoms with van der Waals surface area (Å²) >= 11 is 0. The summed E-state index contributed by atoms with van der Waals surface area (Å²) in [4.78, 5) is 11.2. The molecule has 0 aliphatic rings. The highest BCUT2D eigenvalue weighted by Crippen LogP contribution is 2.14. The molecule has 3 N–H and O–H groups in total. The van der Waals surface area contributed by atoms with Gasteiger partial charge in [-0.05, 0) is 26.0 Å². The summed E-state index contributed by atoms with van der Waals surface area (Å²) in [6.07, 6.45) is -0.467. The van der Waals surface area contributed by atoms with Crippen LogP contribution in [0.4, 0.5) is 10.5 Å². The van der Waals surface area contributed by atoms with Crippen molar-refractivity contribution in [1.82, 2.24) is 5.32 Å². The molecule has 0 aliphatic carbocycles. The summed E-state index contributed by atoms with van der Waals surface area (Å²) in [5.74, 6) is 0.447. The van der Waals surface area contributed by atoms with Crippen LogP contribution in [0, 0.1) is 0 Å². The number of nitrogens with two attached hydrogens (primary N) is 1. The van der Waals surface area contributed by atoms with Crippen molar-refractivity contribution in [2.24, 2.45) is 0 Å². The lowest BCUT2D eigenvalue weighted by atomic mass is 10.3. The molecular formula is C10H14N2O2. The highest BCUT2D eigenvalue weighted by atomic mass is 16.6. The third kappa shape index (κ3) is 3.35. The first-order chi connectivity index (χ1) is 6.58. The molecule has 0 fully saturated rings. The van der Waals surface area contributed by atoms with E-state index in [4.69, 9.17) is 10.5 Å². The van der Waals surface area contributed by atoms with E-state index < -0.39 is 6.09 Å². The van der Waals surface area contributed by atoms with Gasteiger partial charge in [0.2, 0.25) is 0 Å². The molecule has 0 heterocycles. The van der Waals surface area contributed by atoms with Crippen molar-refractivity contribution in [2.75, 3.05) is 5.73 Å². The second-order valence-corrected chi connectivity index (χ2v) is 3.26. The maximum absolute atomic E-state index is 11.2. The minimum atomic E-state index is -0.467. The number of nitrogen functional groups attached to an aromatic ring is 1. The van der Waals surface area contributed by atoms with Crippen LogP contribution in [0.5, 0.6) is 5.75 Å². The van der Waals surface area contributed by atoms with Crippen LogP contribution in [-0.2, 0) is 0 Å². The normalized spacial score (nSPS) is 9.93. The average Bonchev–Trinajstić information content (AvgIpc) is 2.01. The molecule has 14 heavy (non-hydrogen) atoms. The van der Waals surface area contributed by atoms with Crippen molar-refractivity contribution in [3.8, 4) is 5.75 Å². The Morgan fingerprint density at radius 2 is 2.21 bits per heavy atom. The molecule has 0 saturated carbocycles. The highest BCUT2D eigenvalue weighted by Gasteiger charge is 2.05. The predicted octanol–water partition coefficient (Wildman–Crippen LogP) is 1.77. The van der Waals surface area contributed by atoms with Crippen molar-refractivity contribution in [1.29, 1.82) is 0 Å². The first-order valence-electron chi connectivity index (χ1n) is 4.42. The number of amides is 1. The van der Waals surface area contributed by atoms with Gasteiger partial charge in [-0.25, -0.2) is 4.79 Å². The number of nitrogens with one attached hydrogen (secondary N) is 1. The van der Waals surface area contributed by atoms with E-state index in [1.165, 1.54) is 0 Å². The van der Waals surface area contributed by atoms with Crippen molar-refractivity contribution in [3.05, 3.63) is 24.3 Å². The van der Waals surface area contributed by atoms with Crippen LogP contribution in [0.2, 0.25) is 0 Å². The van der Waals surface area contributed by atoms with Crippen molar-refractivity contribution >= 4 is 11.8 Å². The Morgan fingerprint density at radius 1 is 1.50 bits per heavy atom. The third-order valence-electron chi connectivity index (χ3n) is 1.48. The SMILES string of the molecule is CC(C)NC(=O)Oc1cccc(N)c1. The van der Waals surface area contributed by atoms with E-state index in [0.717, 1.165) is 0 Å². The molecule has 0 radical (unpaired) electrons. The Kier molecular flexibility index (Phi) is 3.34. The van der Waals surface area contributed by atoms with Gasteiger partial charge in [-0.3, -0.25) is 0 Å². The molecule has 0 saturated heterocycles. The molecule has 0 aliphatic heterocycles. The van der Waals surface area contributed by atoms with Gasteiger partial charge < -0.3 is 15.8 Å². The monoisotopic (exact) mass is 194 g/mol. The van der Waals surface area contributed by atoms with E-state index in [9.17, 15) is 4.79 Å². The molecule has 4 heteroatoms. The molecule has 1 aromatic carbocycles. The van der Waals surface area contributed by atoms with Crippen LogP contribution in [-0.4, -0.2) is 12.1 Å². The van der Waals surface area contributed by atoms with E-state index in [0.29, 0.717) is 11.4 Å². The van der Waals surface area contributed by atoms with Gasteiger partial charge in [0.05, 0.1) is 0 Å². The molecule has 1 aromatic rings. The smallest absolute Gasteiger partial charge is 0.410 e. The van der Waals surface area contributed by atoms with Gasteiger partial charge in [-0.1, -0.05) is 6.07 Å². The number of ether oxygens (including phenoxy) is 1. The molecule has 0 unspecified atom stereocenters. The number of carbonyl (C=O) groups excluding carboxylic acids is 1. The highest BCUT2D eigenvalue weighted by molar-refractivity contribution is 5.71. The largest absolute Gasteiger partial charge is 0.412 e. The van der Waals surface area contributed by atoms with E-state index in [2.05, 4.69) is 5.32 Å². The molecular weight excluding hydrogens is 180 g/mol. The topological polar surface area (TPSA) is 64.3 Å². The second-order valence-electron chi connectivity index (χ2n) is 3.26. The number of anilines is 1. The Balaban J connectivity index is 2.56. The standard InChI is InChI=1S/C10H14N2O2/c1-7(2)12-10(13)14-9-5-3-4-8(11)6-9/h3-7H,11H2,1-2H3,(H,12,13). The number of benzene rings is 1. The Labute approximate surface area is 83.1 Å². The first kappa shape index (κ1) is 10.4. The van der Waals surface area contributed by atoms with E-state index in [1.807, 2.05) is 13.8 Å². The van der Waals surface area contributed by atoms with E-state index in [-0.39, 0.29) is 6.04 Å². The zero-order chi connectivity index (χ0) is 10.6. The fourth-order valence-corrected chi connectivity index (χ4v) is 0.950. The molecule has 76 valence electrons. The molecule has 1 rings (SSSR count). The Bertz CT molecular complexity index is 324. The maximum atomic E-state index is 11.2. The minimum absolute atomic E-state index is 0.0589. The van der Waals surface area contributed by atoms with Crippen LogP contribution in [0.1, 0.15) is 13.8 Å². The van der Waals surface area contributed by atoms with Gasteiger partial charge in [-0.15, -0.1) is 0 Å². The molecule has 0 spiro atoms.